The Hall–Kier alpha value is -1.80. The van der Waals surface area contributed by atoms with Gasteiger partial charge in [0.25, 0.3) is 0 Å². The number of thioether (sulfide) groups is 1. The number of halogens is 1. The Labute approximate surface area is 145 Å². The average Bonchev–Trinajstić information content (AvgIpc) is 2.61. The molecule has 132 valence electrons. The van der Waals surface area contributed by atoms with Crippen LogP contribution in [0.5, 0.6) is 0 Å². The van der Waals surface area contributed by atoms with Crippen molar-refractivity contribution in [3.8, 4) is 0 Å². The molecule has 1 fully saturated rings. The molecule has 1 aliphatic rings. The van der Waals surface area contributed by atoms with Crippen molar-refractivity contribution in [1.82, 2.24) is 15.1 Å². The summed E-state index contributed by atoms with van der Waals surface area (Å²) in [5.74, 6) is -0.0181. The third-order valence-corrected chi connectivity index (χ3v) is 4.75. The molecule has 0 spiro atoms. The van der Waals surface area contributed by atoms with Crippen LogP contribution in [0, 0.1) is 5.82 Å². The summed E-state index contributed by atoms with van der Waals surface area (Å²) in [6, 6.07) is 6.09. The fraction of sp³-hybridized carbons (Fsp3) is 0.500. The van der Waals surface area contributed by atoms with Gasteiger partial charge in [-0.25, -0.2) is 9.18 Å². The summed E-state index contributed by atoms with van der Waals surface area (Å²) >= 11 is 1.38. The zero-order valence-corrected chi connectivity index (χ0v) is 14.5. The maximum Gasteiger partial charge on any atom is 0.409 e. The van der Waals surface area contributed by atoms with E-state index in [1.165, 1.54) is 31.0 Å². The molecule has 6 nitrogen and oxygen atoms in total. The molecule has 1 aliphatic heterocycles. The minimum Gasteiger partial charge on any atom is -0.453 e. The van der Waals surface area contributed by atoms with Crippen LogP contribution in [-0.2, 0) is 9.53 Å². The standard InChI is InChI=1S/C16H22FN3O3S/c1-23-16(22)20-10-8-19(9-11-20)7-6-18-15(21)12-24-14-4-2-13(17)3-5-14/h2-5H,6-12H2,1H3,(H,18,21). The van der Waals surface area contributed by atoms with Crippen molar-refractivity contribution in [2.24, 2.45) is 0 Å². The van der Waals surface area contributed by atoms with E-state index in [1.54, 1.807) is 17.0 Å². The van der Waals surface area contributed by atoms with E-state index in [0.717, 1.165) is 24.5 Å². The Kier molecular flexibility index (Phi) is 7.33. The van der Waals surface area contributed by atoms with E-state index in [-0.39, 0.29) is 17.8 Å². The lowest BCUT2D eigenvalue weighted by atomic mass is 10.3. The number of carbonyl (C=O) groups excluding carboxylic acids is 2. The first-order valence-corrected chi connectivity index (χ1v) is 8.77. The Morgan fingerprint density at radius 1 is 1.21 bits per heavy atom. The molecule has 0 aliphatic carbocycles. The van der Waals surface area contributed by atoms with Crippen molar-refractivity contribution in [3.05, 3.63) is 30.1 Å². The minimum absolute atomic E-state index is 0.0440. The van der Waals surface area contributed by atoms with Gasteiger partial charge in [0.1, 0.15) is 5.82 Å². The smallest absolute Gasteiger partial charge is 0.409 e. The molecule has 0 atom stereocenters. The van der Waals surface area contributed by atoms with Gasteiger partial charge in [0.05, 0.1) is 12.9 Å². The van der Waals surface area contributed by atoms with Gasteiger partial charge < -0.3 is 15.0 Å². The lowest BCUT2D eigenvalue weighted by molar-refractivity contribution is -0.118. The second-order valence-electron chi connectivity index (χ2n) is 5.39. The van der Waals surface area contributed by atoms with Crippen molar-refractivity contribution in [2.45, 2.75) is 4.90 Å². The topological polar surface area (TPSA) is 61.9 Å². The Morgan fingerprint density at radius 3 is 2.50 bits per heavy atom. The lowest BCUT2D eigenvalue weighted by Crippen LogP contribution is -2.50. The molecule has 1 saturated heterocycles. The molecule has 0 unspecified atom stereocenters. The maximum absolute atomic E-state index is 12.8. The van der Waals surface area contributed by atoms with Crippen LogP contribution < -0.4 is 5.32 Å². The van der Waals surface area contributed by atoms with E-state index in [0.29, 0.717) is 25.4 Å². The van der Waals surface area contributed by atoms with Gasteiger partial charge in [-0.15, -0.1) is 11.8 Å². The molecule has 0 saturated carbocycles. The highest BCUT2D eigenvalue weighted by atomic mass is 32.2. The first kappa shape index (κ1) is 18.5. The summed E-state index contributed by atoms with van der Waals surface area (Å²) in [6.45, 7) is 4.15. The molecular weight excluding hydrogens is 333 g/mol. The van der Waals surface area contributed by atoms with Crippen LogP contribution in [0.2, 0.25) is 0 Å². The fourth-order valence-corrected chi connectivity index (χ4v) is 3.10. The number of amides is 2. The summed E-state index contributed by atoms with van der Waals surface area (Å²) in [7, 11) is 1.38. The SMILES string of the molecule is COC(=O)N1CCN(CCNC(=O)CSc2ccc(F)cc2)CC1. The molecule has 1 aromatic carbocycles. The van der Waals surface area contributed by atoms with E-state index in [4.69, 9.17) is 4.74 Å². The Morgan fingerprint density at radius 2 is 1.88 bits per heavy atom. The molecule has 1 heterocycles. The van der Waals surface area contributed by atoms with Crippen molar-refractivity contribution >= 4 is 23.8 Å². The number of nitrogens with zero attached hydrogens (tertiary/aromatic N) is 2. The third-order valence-electron chi connectivity index (χ3n) is 3.74. The normalized spacial score (nSPS) is 15.2. The molecule has 2 amide bonds. The van der Waals surface area contributed by atoms with Crippen LogP contribution in [0.3, 0.4) is 0 Å². The number of methoxy groups -OCH3 is 1. The number of hydrogen-bond donors (Lipinski definition) is 1. The highest BCUT2D eigenvalue weighted by Crippen LogP contribution is 2.17. The van der Waals surface area contributed by atoms with Gasteiger partial charge in [-0.3, -0.25) is 9.69 Å². The van der Waals surface area contributed by atoms with Crippen LogP contribution >= 0.6 is 11.8 Å². The van der Waals surface area contributed by atoms with E-state index in [2.05, 4.69) is 10.2 Å². The number of benzene rings is 1. The van der Waals surface area contributed by atoms with Gasteiger partial charge in [0.15, 0.2) is 0 Å². The molecule has 1 aromatic rings. The van der Waals surface area contributed by atoms with Crippen molar-refractivity contribution in [2.75, 3.05) is 52.1 Å². The zero-order chi connectivity index (χ0) is 17.4. The number of carbonyl (C=O) groups is 2. The molecule has 0 aromatic heterocycles. The monoisotopic (exact) mass is 355 g/mol. The van der Waals surface area contributed by atoms with Crippen molar-refractivity contribution < 1.29 is 18.7 Å². The molecule has 1 N–H and O–H groups in total. The predicted molar refractivity (Wildman–Crippen MR) is 90.6 cm³/mol. The maximum atomic E-state index is 12.8. The van der Waals surface area contributed by atoms with Gasteiger partial charge in [-0.2, -0.15) is 0 Å². The van der Waals surface area contributed by atoms with Crippen LogP contribution in [0.25, 0.3) is 0 Å². The largest absolute Gasteiger partial charge is 0.453 e. The summed E-state index contributed by atoms with van der Waals surface area (Å²) in [4.78, 5) is 27.9. The van der Waals surface area contributed by atoms with Crippen LogP contribution in [0.1, 0.15) is 0 Å². The number of piperazine rings is 1. The van der Waals surface area contributed by atoms with E-state index in [1.807, 2.05) is 0 Å². The van der Waals surface area contributed by atoms with Gasteiger partial charge >= 0.3 is 6.09 Å². The Bertz CT molecular complexity index is 548. The van der Waals surface area contributed by atoms with E-state index >= 15 is 0 Å². The van der Waals surface area contributed by atoms with Crippen LogP contribution in [0.15, 0.2) is 29.2 Å². The number of hydrogen-bond acceptors (Lipinski definition) is 5. The number of ether oxygens (including phenoxy) is 1. The Balaban J connectivity index is 1.58. The first-order chi connectivity index (χ1) is 11.6. The van der Waals surface area contributed by atoms with Gasteiger partial charge in [0, 0.05) is 44.2 Å². The highest BCUT2D eigenvalue weighted by Gasteiger charge is 2.20. The fourth-order valence-electron chi connectivity index (χ4n) is 2.37. The molecule has 24 heavy (non-hydrogen) atoms. The summed E-state index contributed by atoms with van der Waals surface area (Å²) < 4.78 is 17.5. The molecule has 2 rings (SSSR count). The van der Waals surface area contributed by atoms with Crippen LogP contribution in [0.4, 0.5) is 9.18 Å². The van der Waals surface area contributed by atoms with Gasteiger partial charge in [0.2, 0.25) is 5.91 Å². The average molecular weight is 355 g/mol. The van der Waals surface area contributed by atoms with Gasteiger partial charge in [-0.05, 0) is 24.3 Å². The summed E-state index contributed by atoms with van der Waals surface area (Å²) in [6.07, 6.45) is -0.291. The molecular formula is C16H22FN3O3S. The molecule has 0 radical (unpaired) electrons. The first-order valence-electron chi connectivity index (χ1n) is 7.79. The zero-order valence-electron chi connectivity index (χ0n) is 13.7. The van der Waals surface area contributed by atoms with Gasteiger partial charge in [-0.1, -0.05) is 0 Å². The quantitative estimate of drug-likeness (QED) is 0.782. The minimum atomic E-state index is -0.291. The number of nitrogens with one attached hydrogen (secondary N) is 1. The predicted octanol–water partition coefficient (Wildman–Crippen LogP) is 1.42. The molecule has 8 heteroatoms. The summed E-state index contributed by atoms with van der Waals surface area (Å²) in [5, 5.41) is 2.88. The lowest BCUT2D eigenvalue weighted by Gasteiger charge is -2.33. The van der Waals surface area contributed by atoms with Crippen LogP contribution in [-0.4, -0.2) is 73.9 Å². The highest BCUT2D eigenvalue weighted by molar-refractivity contribution is 8.00. The molecule has 0 bridgehead atoms. The second-order valence-corrected chi connectivity index (χ2v) is 6.44. The number of rotatable bonds is 6. The van der Waals surface area contributed by atoms with E-state index in [9.17, 15) is 14.0 Å². The van der Waals surface area contributed by atoms with Crippen molar-refractivity contribution in [1.29, 1.82) is 0 Å². The second kappa shape index (κ2) is 9.48. The third kappa shape index (κ3) is 6.01. The van der Waals surface area contributed by atoms with Crippen molar-refractivity contribution in [3.63, 3.8) is 0 Å². The van der Waals surface area contributed by atoms with E-state index < -0.39 is 0 Å². The summed E-state index contributed by atoms with van der Waals surface area (Å²) in [5.41, 5.74) is 0.